The molecule has 2 heteroatoms. The van der Waals surface area contributed by atoms with Gasteiger partial charge in [-0.3, -0.25) is 0 Å². The molecule has 0 radical (unpaired) electrons. The van der Waals surface area contributed by atoms with Crippen LogP contribution in [0, 0.1) is 5.92 Å². The Morgan fingerprint density at radius 1 is 0.824 bits per heavy atom. The molecule has 0 heterocycles. The van der Waals surface area contributed by atoms with Gasteiger partial charge in [0.25, 0.3) is 0 Å². The van der Waals surface area contributed by atoms with E-state index in [0.717, 1.165) is 25.7 Å². The van der Waals surface area contributed by atoms with Crippen LogP contribution in [0.15, 0.2) is 12.2 Å². The normalized spacial score (nSPS) is 21.2. The second-order valence-electron chi connectivity index (χ2n) is 5.27. The summed E-state index contributed by atoms with van der Waals surface area (Å²) < 4.78 is 0. The van der Waals surface area contributed by atoms with Crippen LogP contribution in [0.4, 0.5) is 0 Å². The van der Waals surface area contributed by atoms with Crippen LogP contribution in [-0.2, 0) is 4.79 Å². The highest BCUT2D eigenvalue weighted by Crippen LogP contribution is 2.25. The van der Waals surface area contributed by atoms with Gasteiger partial charge in [0.05, 0.1) is 5.97 Å². The Balaban J connectivity index is 2.42. The lowest BCUT2D eigenvalue weighted by Gasteiger charge is -2.20. The Labute approximate surface area is 105 Å². The van der Waals surface area contributed by atoms with E-state index in [4.69, 9.17) is 0 Å². The van der Waals surface area contributed by atoms with Crippen LogP contribution in [0.1, 0.15) is 70.6 Å². The maximum atomic E-state index is 10.9. The van der Waals surface area contributed by atoms with E-state index < -0.39 is 5.97 Å². The number of carbonyl (C=O) groups is 1. The summed E-state index contributed by atoms with van der Waals surface area (Å²) in [5, 5.41) is 10.9. The number of hydrogen-bond donors (Lipinski definition) is 0. The van der Waals surface area contributed by atoms with Crippen molar-refractivity contribution in [1.82, 2.24) is 0 Å². The van der Waals surface area contributed by atoms with Crippen LogP contribution < -0.4 is 5.11 Å². The summed E-state index contributed by atoms with van der Waals surface area (Å²) in [6, 6.07) is 0. The Hall–Kier alpha value is -0.790. The van der Waals surface area contributed by atoms with Crippen LogP contribution >= 0.6 is 0 Å². The lowest BCUT2D eigenvalue weighted by Crippen LogP contribution is -2.28. The fourth-order valence-electron chi connectivity index (χ4n) is 2.68. The second kappa shape index (κ2) is 8.32. The lowest BCUT2D eigenvalue weighted by molar-refractivity contribution is -0.300. The SMILES string of the molecule is C=C(C(=O)[O-])C1CCCCCCCCCCC1. The van der Waals surface area contributed by atoms with Crippen molar-refractivity contribution in [3.05, 3.63) is 12.2 Å². The quantitative estimate of drug-likeness (QED) is 0.692. The molecule has 1 fully saturated rings. The molecule has 0 aromatic carbocycles. The van der Waals surface area contributed by atoms with Gasteiger partial charge in [-0.1, -0.05) is 64.4 Å². The molecule has 98 valence electrons. The van der Waals surface area contributed by atoms with Crippen LogP contribution in [0.5, 0.6) is 0 Å². The molecule has 0 spiro atoms. The highest BCUT2D eigenvalue weighted by atomic mass is 16.4. The number of rotatable bonds is 2. The maximum Gasteiger partial charge on any atom is 0.0671 e. The number of carboxylic acids is 1. The summed E-state index contributed by atoms with van der Waals surface area (Å²) in [5.41, 5.74) is 0.321. The minimum Gasteiger partial charge on any atom is -0.545 e. The fourth-order valence-corrected chi connectivity index (χ4v) is 2.68. The van der Waals surface area contributed by atoms with Gasteiger partial charge in [-0.05, 0) is 24.3 Å². The molecule has 2 nitrogen and oxygen atoms in total. The van der Waals surface area contributed by atoms with Crippen molar-refractivity contribution in [2.75, 3.05) is 0 Å². The van der Waals surface area contributed by atoms with E-state index in [9.17, 15) is 9.90 Å². The first-order chi connectivity index (χ1) is 8.22. The summed E-state index contributed by atoms with van der Waals surface area (Å²) in [7, 11) is 0. The zero-order valence-corrected chi connectivity index (χ0v) is 10.9. The molecule has 17 heavy (non-hydrogen) atoms. The van der Waals surface area contributed by atoms with Gasteiger partial charge in [0.1, 0.15) is 0 Å². The van der Waals surface area contributed by atoms with Gasteiger partial charge in [-0.15, -0.1) is 0 Å². The van der Waals surface area contributed by atoms with Gasteiger partial charge in [0.2, 0.25) is 0 Å². The van der Waals surface area contributed by atoms with Gasteiger partial charge in [0, 0.05) is 0 Å². The van der Waals surface area contributed by atoms with Crippen molar-refractivity contribution in [3.63, 3.8) is 0 Å². The van der Waals surface area contributed by atoms with Gasteiger partial charge < -0.3 is 9.90 Å². The number of carboxylic acid groups (broad SMARTS) is 1. The molecule has 0 unspecified atom stereocenters. The number of hydrogen-bond acceptors (Lipinski definition) is 2. The molecule has 0 N–H and O–H groups in total. The molecule has 0 bridgehead atoms. The molecule has 0 atom stereocenters. The Bertz CT molecular complexity index is 233. The van der Waals surface area contributed by atoms with E-state index in [2.05, 4.69) is 6.58 Å². The topological polar surface area (TPSA) is 40.1 Å². The van der Waals surface area contributed by atoms with E-state index in [1.807, 2.05) is 0 Å². The van der Waals surface area contributed by atoms with Crippen LogP contribution in [-0.4, -0.2) is 5.97 Å². The summed E-state index contributed by atoms with van der Waals surface area (Å²) in [5.74, 6) is -0.901. The predicted octanol–water partition coefficient (Wildman–Crippen LogP) is 3.21. The average molecular weight is 237 g/mol. The fraction of sp³-hybridized carbons (Fsp3) is 0.800. The van der Waals surface area contributed by atoms with Crippen LogP contribution in [0.25, 0.3) is 0 Å². The summed E-state index contributed by atoms with van der Waals surface area (Å²) in [6.45, 7) is 3.68. The highest BCUT2D eigenvalue weighted by molar-refractivity contribution is 5.84. The van der Waals surface area contributed by atoms with Gasteiger partial charge in [-0.25, -0.2) is 0 Å². The zero-order chi connectivity index (χ0) is 12.5. The van der Waals surface area contributed by atoms with Crippen molar-refractivity contribution < 1.29 is 9.90 Å². The standard InChI is InChI=1S/C15H26O2/c1-13(15(16)17)14-11-9-7-5-3-2-4-6-8-10-12-14/h14H,1-12H2,(H,16,17)/p-1. The Morgan fingerprint density at radius 2 is 1.18 bits per heavy atom. The molecular weight excluding hydrogens is 212 g/mol. The maximum absolute atomic E-state index is 10.9. The van der Waals surface area contributed by atoms with Gasteiger partial charge in [0.15, 0.2) is 0 Å². The monoisotopic (exact) mass is 237 g/mol. The molecule has 0 aromatic rings. The molecule has 1 aliphatic rings. The minimum atomic E-state index is -1.05. The molecule has 0 aliphatic heterocycles. The molecule has 0 aromatic heterocycles. The molecular formula is C15H25O2-. The van der Waals surface area contributed by atoms with E-state index in [1.54, 1.807) is 0 Å². The first kappa shape index (κ1) is 14.3. The van der Waals surface area contributed by atoms with Crippen molar-refractivity contribution in [1.29, 1.82) is 0 Å². The van der Waals surface area contributed by atoms with E-state index in [-0.39, 0.29) is 5.92 Å². The average Bonchev–Trinajstić information content (AvgIpc) is 2.29. The van der Waals surface area contributed by atoms with Crippen LogP contribution in [0.2, 0.25) is 0 Å². The third-order valence-corrected chi connectivity index (χ3v) is 3.86. The molecule has 0 amide bonds. The molecule has 0 saturated heterocycles. The van der Waals surface area contributed by atoms with E-state index in [1.165, 1.54) is 44.9 Å². The van der Waals surface area contributed by atoms with Crippen molar-refractivity contribution in [3.8, 4) is 0 Å². The third kappa shape index (κ3) is 5.90. The number of carbonyl (C=O) groups excluding carboxylic acids is 1. The summed E-state index contributed by atoms with van der Waals surface area (Å²) in [4.78, 5) is 10.9. The van der Waals surface area contributed by atoms with Crippen molar-refractivity contribution in [2.24, 2.45) is 5.92 Å². The smallest absolute Gasteiger partial charge is 0.0671 e. The molecule has 1 aliphatic carbocycles. The second-order valence-corrected chi connectivity index (χ2v) is 5.27. The summed E-state index contributed by atoms with van der Waals surface area (Å²) >= 11 is 0. The molecule has 1 rings (SSSR count). The van der Waals surface area contributed by atoms with Crippen molar-refractivity contribution in [2.45, 2.75) is 70.6 Å². The minimum absolute atomic E-state index is 0.152. The highest BCUT2D eigenvalue weighted by Gasteiger charge is 2.13. The van der Waals surface area contributed by atoms with Gasteiger partial charge in [-0.2, -0.15) is 0 Å². The molecule has 1 saturated carbocycles. The van der Waals surface area contributed by atoms with E-state index >= 15 is 0 Å². The Morgan fingerprint density at radius 3 is 1.53 bits per heavy atom. The van der Waals surface area contributed by atoms with Gasteiger partial charge >= 0.3 is 0 Å². The predicted molar refractivity (Wildman–Crippen MR) is 68.4 cm³/mol. The first-order valence-corrected chi connectivity index (χ1v) is 7.12. The zero-order valence-electron chi connectivity index (χ0n) is 10.9. The summed E-state index contributed by atoms with van der Waals surface area (Å²) in [6.07, 6.45) is 13.3. The largest absolute Gasteiger partial charge is 0.545 e. The Kier molecular flexibility index (Phi) is 6.99. The van der Waals surface area contributed by atoms with Crippen molar-refractivity contribution >= 4 is 5.97 Å². The first-order valence-electron chi connectivity index (χ1n) is 7.12. The lowest BCUT2D eigenvalue weighted by atomic mass is 9.88. The van der Waals surface area contributed by atoms with Crippen LogP contribution in [0.3, 0.4) is 0 Å². The third-order valence-electron chi connectivity index (χ3n) is 3.86. The van der Waals surface area contributed by atoms with E-state index in [0.29, 0.717) is 5.57 Å². The number of aliphatic carboxylic acids is 1.